The van der Waals surface area contributed by atoms with Gasteiger partial charge in [-0.3, -0.25) is 4.98 Å². The second-order valence-corrected chi connectivity index (χ2v) is 4.66. The van der Waals surface area contributed by atoms with E-state index in [1.54, 1.807) is 10.8 Å². The maximum atomic E-state index is 12.0. The van der Waals surface area contributed by atoms with Gasteiger partial charge in [-0.05, 0) is 24.3 Å². The smallest absolute Gasteiger partial charge is 0.357 e. The Hall–Kier alpha value is -3.33. The van der Waals surface area contributed by atoms with Gasteiger partial charge in [0.2, 0.25) is 0 Å². The molecular formula is C16H12N4O2. The van der Waals surface area contributed by atoms with Crippen molar-refractivity contribution in [2.75, 3.05) is 12.8 Å². The van der Waals surface area contributed by atoms with Crippen molar-refractivity contribution in [2.45, 2.75) is 0 Å². The number of ether oxygens (including phenoxy) is 1. The molecule has 3 rings (SSSR count). The average molecular weight is 292 g/mol. The zero-order valence-electron chi connectivity index (χ0n) is 11.8. The van der Waals surface area contributed by atoms with Crippen LogP contribution >= 0.6 is 0 Å². The molecule has 0 unspecified atom stereocenters. The molecule has 3 aromatic rings. The number of pyridine rings is 1. The highest BCUT2D eigenvalue weighted by Gasteiger charge is 2.21. The fraction of sp³-hybridized carbons (Fsp3) is 0.0625. The molecule has 2 heterocycles. The lowest BCUT2D eigenvalue weighted by atomic mass is 10.2. The summed E-state index contributed by atoms with van der Waals surface area (Å²) in [6.45, 7) is 0. The maximum Gasteiger partial charge on any atom is 0.357 e. The number of fused-ring (bicyclic) bond motifs is 1. The molecule has 1 aromatic carbocycles. The minimum atomic E-state index is -0.592. The summed E-state index contributed by atoms with van der Waals surface area (Å²) in [5.41, 5.74) is 7.91. The van der Waals surface area contributed by atoms with E-state index in [0.29, 0.717) is 5.69 Å². The third-order valence-electron chi connectivity index (χ3n) is 3.41. The fourth-order valence-electron chi connectivity index (χ4n) is 2.33. The Morgan fingerprint density at radius 3 is 2.95 bits per heavy atom. The lowest BCUT2D eigenvalue weighted by molar-refractivity contribution is 0.0593. The molecule has 0 bridgehead atoms. The van der Waals surface area contributed by atoms with E-state index in [9.17, 15) is 4.79 Å². The first-order valence-corrected chi connectivity index (χ1v) is 6.50. The van der Waals surface area contributed by atoms with Gasteiger partial charge in [-0.2, -0.15) is 5.26 Å². The van der Waals surface area contributed by atoms with E-state index in [2.05, 4.69) is 4.98 Å². The lowest BCUT2D eigenvalue weighted by Gasteiger charge is -2.09. The highest BCUT2D eigenvalue weighted by molar-refractivity contribution is 5.96. The number of nitrogens with two attached hydrogens (primary N) is 1. The van der Waals surface area contributed by atoms with Gasteiger partial charge in [0, 0.05) is 23.5 Å². The molecule has 0 aliphatic carbocycles. The molecule has 2 aromatic heterocycles. The first-order valence-electron chi connectivity index (χ1n) is 6.50. The molecule has 0 atom stereocenters. The van der Waals surface area contributed by atoms with Crippen molar-refractivity contribution in [1.82, 2.24) is 9.55 Å². The van der Waals surface area contributed by atoms with Crippen molar-refractivity contribution in [2.24, 2.45) is 0 Å². The van der Waals surface area contributed by atoms with Gasteiger partial charge in [0.25, 0.3) is 0 Å². The van der Waals surface area contributed by atoms with Crippen molar-refractivity contribution in [3.05, 3.63) is 54.0 Å². The zero-order chi connectivity index (χ0) is 15.7. The lowest BCUT2D eigenvalue weighted by Crippen LogP contribution is -2.11. The van der Waals surface area contributed by atoms with Crippen LogP contribution in [0.5, 0.6) is 0 Å². The molecule has 6 nitrogen and oxygen atoms in total. The number of carbonyl (C=O) groups is 1. The SMILES string of the molecule is COC(=O)c1c(N)c(C#N)cn1-c1ccc2ncccc2c1. The van der Waals surface area contributed by atoms with Crippen LogP contribution in [-0.4, -0.2) is 22.6 Å². The molecule has 108 valence electrons. The van der Waals surface area contributed by atoms with Crippen LogP contribution in [0, 0.1) is 11.3 Å². The Morgan fingerprint density at radius 1 is 1.41 bits per heavy atom. The normalized spacial score (nSPS) is 10.4. The Morgan fingerprint density at radius 2 is 2.23 bits per heavy atom. The standard InChI is InChI=1S/C16H12N4O2/c1-22-16(21)15-14(18)11(8-17)9-20(15)12-4-5-13-10(7-12)3-2-6-19-13/h2-7,9H,18H2,1H3. The van der Waals surface area contributed by atoms with E-state index in [-0.39, 0.29) is 16.9 Å². The summed E-state index contributed by atoms with van der Waals surface area (Å²) >= 11 is 0. The number of anilines is 1. The number of hydrogen-bond donors (Lipinski definition) is 1. The minimum Gasteiger partial charge on any atom is -0.464 e. The van der Waals surface area contributed by atoms with E-state index >= 15 is 0 Å². The predicted octanol–water partition coefficient (Wildman–Crippen LogP) is 2.27. The van der Waals surface area contributed by atoms with Crippen molar-refractivity contribution in [3.8, 4) is 11.8 Å². The van der Waals surface area contributed by atoms with Crippen LogP contribution in [0.25, 0.3) is 16.6 Å². The summed E-state index contributed by atoms with van der Waals surface area (Å²) in [7, 11) is 1.27. The van der Waals surface area contributed by atoms with E-state index < -0.39 is 5.97 Å². The van der Waals surface area contributed by atoms with Crippen LogP contribution < -0.4 is 5.73 Å². The van der Waals surface area contributed by atoms with Crippen LogP contribution in [0.3, 0.4) is 0 Å². The number of nitrogen functional groups attached to an aromatic ring is 1. The molecule has 0 fully saturated rings. The average Bonchev–Trinajstić information content (AvgIpc) is 2.90. The topological polar surface area (TPSA) is 93.9 Å². The largest absolute Gasteiger partial charge is 0.464 e. The summed E-state index contributed by atoms with van der Waals surface area (Å²) in [5, 5.41) is 10.0. The number of carbonyl (C=O) groups excluding carboxylic acids is 1. The van der Waals surface area contributed by atoms with Gasteiger partial charge >= 0.3 is 5.97 Å². The molecule has 0 aliphatic heterocycles. The number of esters is 1. The maximum absolute atomic E-state index is 12.0. The van der Waals surface area contributed by atoms with Gasteiger partial charge in [0.1, 0.15) is 6.07 Å². The predicted molar refractivity (Wildman–Crippen MR) is 81.5 cm³/mol. The first kappa shape index (κ1) is 13.6. The number of hydrogen-bond acceptors (Lipinski definition) is 5. The molecule has 0 amide bonds. The van der Waals surface area contributed by atoms with Crippen molar-refractivity contribution in [1.29, 1.82) is 5.26 Å². The van der Waals surface area contributed by atoms with Gasteiger partial charge in [0.05, 0.1) is 23.9 Å². The molecule has 0 saturated heterocycles. The zero-order valence-corrected chi connectivity index (χ0v) is 11.8. The fourth-order valence-corrected chi connectivity index (χ4v) is 2.33. The van der Waals surface area contributed by atoms with Gasteiger partial charge < -0.3 is 15.0 Å². The number of aromatic nitrogens is 2. The molecule has 6 heteroatoms. The number of nitriles is 1. The number of nitrogens with zero attached hydrogens (tertiary/aromatic N) is 3. The second kappa shape index (κ2) is 5.22. The monoisotopic (exact) mass is 292 g/mol. The molecular weight excluding hydrogens is 280 g/mol. The van der Waals surface area contributed by atoms with Crippen LogP contribution in [0.2, 0.25) is 0 Å². The van der Waals surface area contributed by atoms with Gasteiger partial charge in [-0.15, -0.1) is 0 Å². The quantitative estimate of drug-likeness (QED) is 0.731. The van der Waals surface area contributed by atoms with Crippen LogP contribution in [0.1, 0.15) is 16.1 Å². The van der Waals surface area contributed by atoms with Crippen molar-refractivity contribution < 1.29 is 9.53 Å². The van der Waals surface area contributed by atoms with Crippen LogP contribution in [-0.2, 0) is 4.74 Å². The number of methoxy groups -OCH3 is 1. The van der Waals surface area contributed by atoms with E-state index in [1.165, 1.54) is 13.3 Å². The number of benzene rings is 1. The Kier molecular flexibility index (Phi) is 3.24. The van der Waals surface area contributed by atoms with Crippen molar-refractivity contribution in [3.63, 3.8) is 0 Å². The minimum absolute atomic E-state index is 0.112. The van der Waals surface area contributed by atoms with E-state index in [1.807, 2.05) is 36.4 Å². The molecule has 0 spiro atoms. The first-order chi connectivity index (χ1) is 10.7. The second-order valence-electron chi connectivity index (χ2n) is 4.66. The molecule has 0 radical (unpaired) electrons. The van der Waals surface area contributed by atoms with Crippen molar-refractivity contribution >= 4 is 22.6 Å². The summed E-state index contributed by atoms with van der Waals surface area (Å²) in [6.07, 6.45) is 3.24. The highest BCUT2D eigenvalue weighted by Crippen LogP contribution is 2.26. The molecule has 0 aliphatic rings. The number of rotatable bonds is 2. The highest BCUT2D eigenvalue weighted by atomic mass is 16.5. The van der Waals surface area contributed by atoms with Gasteiger partial charge in [0.15, 0.2) is 5.69 Å². The molecule has 22 heavy (non-hydrogen) atoms. The third-order valence-corrected chi connectivity index (χ3v) is 3.41. The third kappa shape index (κ3) is 2.05. The summed E-state index contributed by atoms with van der Waals surface area (Å²) in [4.78, 5) is 16.2. The van der Waals surface area contributed by atoms with Gasteiger partial charge in [-0.25, -0.2) is 4.79 Å². The molecule has 0 saturated carbocycles. The van der Waals surface area contributed by atoms with Gasteiger partial charge in [-0.1, -0.05) is 6.07 Å². The van der Waals surface area contributed by atoms with E-state index in [0.717, 1.165) is 10.9 Å². The summed E-state index contributed by atoms with van der Waals surface area (Å²) in [6, 6.07) is 11.2. The molecule has 2 N–H and O–H groups in total. The Bertz CT molecular complexity index is 922. The Labute approximate surface area is 126 Å². The van der Waals surface area contributed by atoms with Crippen LogP contribution in [0.4, 0.5) is 5.69 Å². The summed E-state index contributed by atoms with van der Waals surface area (Å²) in [5.74, 6) is -0.592. The van der Waals surface area contributed by atoms with Crippen LogP contribution in [0.15, 0.2) is 42.7 Å². The summed E-state index contributed by atoms with van der Waals surface area (Å²) < 4.78 is 6.32. The van der Waals surface area contributed by atoms with E-state index in [4.69, 9.17) is 15.7 Å². The Balaban J connectivity index is 2.25.